The molecule has 0 aliphatic carbocycles. The lowest BCUT2D eigenvalue weighted by Crippen LogP contribution is -2.41. The fourth-order valence-corrected chi connectivity index (χ4v) is 3.28. The lowest BCUT2D eigenvalue weighted by Gasteiger charge is -2.33. The normalized spacial score (nSPS) is 19.3. The minimum absolute atomic E-state index is 0.245. The van der Waals surface area contributed by atoms with Crippen LogP contribution in [0.25, 0.3) is 0 Å². The maximum absolute atomic E-state index is 10.3. The Balaban J connectivity index is 1.47. The van der Waals surface area contributed by atoms with Crippen molar-refractivity contribution >= 4 is 0 Å². The molecule has 0 amide bonds. The molecule has 1 aromatic carbocycles. The number of aryl methyl sites for hydroxylation is 1. The smallest absolute Gasteiger partial charge is 0.119 e. The average molecular weight is 340 g/mol. The summed E-state index contributed by atoms with van der Waals surface area (Å²) in [5.41, 5.74) is 2.80. The third kappa shape index (κ3) is 4.81. The second-order valence-electron chi connectivity index (χ2n) is 6.68. The number of piperidine rings is 1. The minimum atomic E-state index is -0.546. The zero-order chi connectivity index (χ0) is 17.6. The van der Waals surface area contributed by atoms with E-state index >= 15 is 0 Å². The summed E-state index contributed by atoms with van der Waals surface area (Å²) in [6.07, 6.45) is 1.70. The van der Waals surface area contributed by atoms with Crippen molar-refractivity contribution in [3.8, 4) is 11.8 Å². The van der Waals surface area contributed by atoms with E-state index in [4.69, 9.17) is 10.00 Å². The second-order valence-corrected chi connectivity index (χ2v) is 6.68. The standard InChI is InChI=1S/C19H24N4O2/c1-14-9-19(22-21-14)16-3-2-8-23(11-16)12-17(24)13-25-18-6-4-15(10-20)5-7-18/h4-7,9,16-17,24H,2-3,8,11-13H2,1H3,(H,21,22)/t16-,17+/m0/s1. The SMILES string of the molecule is Cc1cc([C@H]2CCCN(C[C@@H](O)COc3ccc(C#N)cc3)C2)n[nH]1. The summed E-state index contributed by atoms with van der Waals surface area (Å²) in [6, 6.07) is 11.1. The van der Waals surface area contributed by atoms with Crippen LogP contribution in [0.4, 0.5) is 0 Å². The van der Waals surface area contributed by atoms with Crippen LogP contribution in [0.5, 0.6) is 5.75 Å². The van der Waals surface area contributed by atoms with Gasteiger partial charge in [-0.05, 0) is 56.6 Å². The molecule has 2 aromatic rings. The summed E-state index contributed by atoms with van der Waals surface area (Å²) in [7, 11) is 0. The van der Waals surface area contributed by atoms with E-state index in [-0.39, 0.29) is 6.61 Å². The molecule has 1 fully saturated rings. The predicted octanol–water partition coefficient (Wildman–Crippen LogP) is 2.21. The first-order chi connectivity index (χ1) is 12.1. The molecule has 1 aliphatic heterocycles. The number of aromatic amines is 1. The highest BCUT2D eigenvalue weighted by Crippen LogP contribution is 2.26. The summed E-state index contributed by atoms with van der Waals surface area (Å²) in [5.74, 6) is 1.09. The van der Waals surface area contributed by atoms with Crippen molar-refractivity contribution in [2.75, 3.05) is 26.2 Å². The third-order valence-electron chi connectivity index (χ3n) is 4.54. The highest BCUT2D eigenvalue weighted by Gasteiger charge is 2.24. The summed E-state index contributed by atoms with van der Waals surface area (Å²) < 4.78 is 5.62. The second kappa shape index (κ2) is 8.15. The van der Waals surface area contributed by atoms with E-state index < -0.39 is 6.10 Å². The Morgan fingerprint density at radius 2 is 2.24 bits per heavy atom. The van der Waals surface area contributed by atoms with Crippen molar-refractivity contribution in [1.29, 1.82) is 5.26 Å². The molecule has 132 valence electrons. The van der Waals surface area contributed by atoms with Gasteiger partial charge in [-0.3, -0.25) is 10.00 Å². The first-order valence-corrected chi connectivity index (χ1v) is 8.69. The van der Waals surface area contributed by atoms with Gasteiger partial charge in [0, 0.05) is 24.7 Å². The molecular weight excluding hydrogens is 316 g/mol. The number of hydrogen-bond acceptors (Lipinski definition) is 5. The molecule has 25 heavy (non-hydrogen) atoms. The molecule has 1 saturated heterocycles. The van der Waals surface area contributed by atoms with Crippen molar-refractivity contribution < 1.29 is 9.84 Å². The fraction of sp³-hybridized carbons (Fsp3) is 0.474. The Morgan fingerprint density at radius 3 is 2.92 bits per heavy atom. The van der Waals surface area contributed by atoms with Crippen LogP contribution >= 0.6 is 0 Å². The number of aliphatic hydroxyl groups excluding tert-OH is 1. The number of likely N-dealkylation sites (tertiary alicyclic amines) is 1. The molecule has 6 heteroatoms. The summed E-state index contributed by atoms with van der Waals surface area (Å²) in [4.78, 5) is 2.28. The zero-order valence-corrected chi connectivity index (χ0v) is 14.5. The molecule has 1 aliphatic rings. The molecule has 6 nitrogen and oxygen atoms in total. The van der Waals surface area contributed by atoms with Crippen LogP contribution < -0.4 is 4.74 Å². The van der Waals surface area contributed by atoms with Crippen molar-refractivity contribution in [2.45, 2.75) is 31.8 Å². The number of aliphatic hydroxyl groups is 1. The number of β-amino-alcohol motifs (C(OH)–C–C–N with tert-alkyl or cyclic N) is 1. The van der Waals surface area contributed by atoms with E-state index in [0.717, 1.165) is 37.3 Å². The van der Waals surface area contributed by atoms with Gasteiger partial charge in [0.2, 0.25) is 0 Å². The average Bonchev–Trinajstić information content (AvgIpc) is 3.07. The molecule has 2 atom stereocenters. The fourth-order valence-electron chi connectivity index (χ4n) is 3.28. The van der Waals surface area contributed by atoms with Gasteiger partial charge in [0.15, 0.2) is 0 Å². The molecular formula is C19H24N4O2. The summed E-state index contributed by atoms with van der Waals surface area (Å²) >= 11 is 0. The third-order valence-corrected chi connectivity index (χ3v) is 4.54. The van der Waals surface area contributed by atoms with Gasteiger partial charge in [-0.1, -0.05) is 0 Å². The number of rotatable bonds is 6. The van der Waals surface area contributed by atoms with E-state index in [0.29, 0.717) is 23.8 Å². The Morgan fingerprint density at radius 1 is 1.44 bits per heavy atom. The van der Waals surface area contributed by atoms with Crippen molar-refractivity contribution in [3.05, 3.63) is 47.3 Å². The molecule has 2 N–H and O–H groups in total. The van der Waals surface area contributed by atoms with Gasteiger partial charge < -0.3 is 9.84 Å². The molecule has 0 bridgehead atoms. The van der Waals surface area contributed by atoms with Crippen molar-refractivity contribution in [2.24, 2.45) is 0 Å². The van der Waals surface area contributed by atoms with E-state index in [1.807, 2.05) is 6.92 Å². The predicted molar refractivity (Wildman–Crippen MR) is 94.4 cm³/mol. The number of H-pyrrole nitrogens is 1. The Kier molecular flexibility index (Phi) is 5.69. The zero-order valence-electron chi connectivity index (χ0n) is 14.5. The quantitative estimate of drug-likeness (QED) is 0.842. The molecule has 0 unspecified atom stereocenters. The number of nitrogens with one attached hydrogen (secondary N) is 1. The van der Waals surface area contributed by atoms with Crippen LogP contribution in [0.1, 0.15) is 35.7 Å². The van der Waals surface area contributed by atoms with Gasteiger partial charge in [0.25, 0.3) is 0 Å². The minimum Gasteiger partial charge on any atom is -0.491 e. The number of benzene rings is 1. The number of nitriles is 1. The van der Waals surface area contributed by atoms with Crippen molar-refractivity contribution in [3.63, 3.8) is 0 Å². The van der Waals surface area contributed by atoms with Gasteiger partial charge in [-0.25, -0.2) is 0 Å². The summed E-state index contributed by atoms with van der Waals surface area (Å²) in [6.45, 7) is 4.76. The van der Waals surface area contributed by atoms with Gasteiger partial charge >= 0.3 is 0 Å². The lowest BCUT2D eigenvalue weighted by molar-refractivity contribution is 0.0581. The molecule has 0 saturated carbocycles. The van der Waals surface area contributed by atoms with Crippen LogP contribution in [0.15, 0.2) is 30.3 Å². The number of hydrogen-bond donors (Lipinski definition) is 2. The molecule has 1 aromatic heterocycles. The summed E-state index contributed by atoms with van der Waals surface area (Å²) in [5, 5.41) is 26.5. The Labute approximate surface area is 148 Å². The van der Waals surface area contributed by atoms with Gasteiger partial charge in [-0.2, -0.15) is 10.4 Å². The topological polar surface area (TPSA) is 85.2 Å². The molecule has 2 heterocycles. The van der Waals surface area contributed by atoms with E-state index in [9.17, 15) is 5.11 Å². The van der Waals surface area contributed by atoms with Crippen LogP contribution in [-0.4, -0.2) is 52.5 Å². The first-order valence-electron chi connectivity index (χ1n) is 8.69. The van der Waals surface area contributed by atoms with E-state index in [2.05, 4.69) is 27.2 Å². The monoisotopic (exact) mass is 340 g/mol. The maximum Gasteiger partial charge on any atom is 0.119 e. The van der Waals surface area contributed by atoms with Crippen LogP contribution in [0.3, 0.4) is 0 Å². The highest BCUT2D eigenvalue weighted by molar-refractivity contribution is 5.34. The van der Waals surface area contributed by atoms with Crippen LogP contribution in [0.2, 0.25) is 0 Å². The first kappa shape index (κ1) is 17.5. The van der Waals surface area contributed by atoms with Gasteiger partial charge in [0.1, 0.15) is 18.5 Å². The molecule has 0 spiro atoms. The lowest BCUT2D eigenvalue weighted by atomic mass is 9.94. The molecule has 3 rings (SSSR count). The van der Waals surface area contributed by atoms with Crippen LogP contribution in [0, 0.1) is 18.3 Å². The Hall–Kier alpha value is -2.36. The number of ether oxygens (including phenoxy) is 1. The maximum atomic E-state index is 10.3. The number of aromatic nitrogens is 2. The van der Waals surface area contributed by atoms with E-state index in [1.165, 1.54) is 0 Å². The molecule has 0 radical (unpaired) electrons. The highest BCUT2D eigenvalue weighted by atomic mass is 16.5. The van der Waals surface area contributed by atoms with Crippen molar-refractivity contribution in [1.82, 2.24) is 15.1 Å². The van der Waals surface area contributed by atoms with E-state index in [1.54, 1.807) is 24.3 Å². The van der Waals surface area contributed by atoms with Gasteiger partial charge in [0.05, 0.1) is 17.3 Å². The Bertz CT molecular complexity index is 720. The largest absolute Gasteiger partial charge is 0.491 e. The van der Waals surface area contributed by atoms with Crippen LogP contribution in [-0.2, 0) is 0 Å². The van der Waals surface area contributed by atoms with Gasteiger partial charge in [-0.15, -0.1) is 0 Å². The number of nitrogens with zero attached hydrogens (tertiary/aromatic N) is 3.